The summed E-state index contributed by atoms with van der Waals surface area (Å²) in [6, 6.07) is 14.8. The van der Waals surface area contributed by atoms with Gasteiger partial charge in [-0.15, -0.1) is 20.4 Å². The molecule has 4 aromatic rings. The van der Waals surface area contributed by atoms with Gasteiger partial charge in [-0.1, -0.05) is 17.7 Å². The van der Waals surface area contributed by atoms with Crippen molar-refractivity contribution in [3.05, 3.63) is 65.3 Å². The molecule has 0 fully saturated rings. The van der Waals surface area contributed by atoms with Crippen LogP contribution in [0.4, 0.5) is 0 Å². The van der Waals surface area contributed by atoms with Crippen LogP contribution in [0.2, 0.25) is 5.02 Å². The minimum absolute atomic E-state index is 0.329. The van der Waals surface area contributed by atoms with Crippen molar-refractivity contribution in [2.24, 2.45) is 7.05 Å². The minimum atomic E-state index is -0.523. The molecule has 0 aliphatic carbocycles. The van der Waals surface area contributed by atoms with Crippen LogP contribution in [0.5, 0.6) is 5.75 Å². The number of thiol groups is 1. The Morgan fingerprint density at radius 2 is 1.82 bits per heavy atom. The lowest BCUT2D eigenvalue weighted by Gasteiger charge is -2.07. The van der Waals surface area contributed by atoms with Crippen LogP contribution in [-0.4, -0.2) is 32.1 Å². The molecule has 4 rings (SSSR count). The van der Waals surface area contributed by atoms with Crippen molar-refractivity contribution in [1.82, 2.24) is 25.0 Å². The van der Waals surface area contributed by atoms with Gasteiger partial charge < -0.3 is 13.7 Å². The van der Waals surface area contributed by atoms with Gasteiger partial charge in [-0.3, -0.25) is 0 Å². The van der Waals surface area contributed by atoms with Gasteiger partial charge in [-0.25, -0.2) is 0 Å². The summed E-state index contributed by atoms with van der Waals surface area (Å²) in [5.41, 5.74) is 1.65. The van der Waals surface area contributed by atoms with E-state index in [4.69, 9.17) is 20.8 Å². The predicted molar refractivity (Wildman–Crippen MR) is 109 cm³/mol. The summed E-state index contributed by atoms with van der Waals surface area (Å²) in [5, 5.41) is 16.8. The van der Waals surface area contributed by atoms with Crippen LogP contribution in [0, 0.1) is 0 Å². The van der Waals surface area contributed by atoms with Crippen molar-refractivity contribution in [2.75, 3.05) is 7.11 Å². The molecule has 0 aliphatic rings. The Morgan fingerprint density at radius 1 is 1.04 bits per heavy atom. The van der Waals surface area contributed by atoms with Crippen molar-refractivity contribution < 1.29 is 9.15 Å². The zero-order valence-electron chi connectivity index (χ0n) is 15.1. The fourth-order valence-electron chi connectivity index (χ4n) is 2.76. The summed E-state index contributed by atoms with van der Waals surface area (Å²) in [7, 11) is 3.50. The summed E-state index contributed by atoms with van der Waals surface area (Å²) in [4.78, 5) is 0. The highest BCUT2D eigenvalue weighted by Gasteiger charge is 2.24. The van der Waals surface area contributed by atoms with E-state index in [0.717, 1.165) is 16.9 Å². The molecule has 142 valence electrons. The molecule has 2 aromatic carbocycles. The standard InChI is InChI=1S/C19H16ClN5O2S/c1-25-16(11-6-8-14(26-2)9-7-11)21-22-17(25)15(28)19-24-23-18(27-19)12-4-3-5-13(20)10-12/h3-10,15,28H,1-2H3. The lowest BCUT2D eigenvalue weighted by atomic mass is 10.2. The molecule has 0 radical (unpaired) electrons. The van der Waals surface area contributed by atoms with Crippen LogP contribution in [0.15, 0.2) is 52.9 Å². The Morgan fingerprint density at radius 3 is 2.54 bits per heavy atom. The van der Waals surface area contributed by atoms with Gasteiger partial charge in [0.05, 0.1) is 7.11 Å². The fourth-order valence-corrected chi connectivity index (χ4v) is 3.28. The molecule has 0 saturated heterocycles. The van der Waals surface area contributed by atoms with Crippen LogP contribution in [0.25, 0.3) is 22.8 Å². The number of methoxy groups -OCH3 is 1. The van der Waals surface area contributed by atoms with E-state index in [1.807, 2.05) is 48.0 Å². The third kappa shape index (κ3) is 3.48. The number of halogens is 1. The molecule has 0 spiro atoms. The van der Waals surface area contributed by atoms with Crippen LogP contribution in [0.3, 0.4) is 0 Å². The minimum Gasteiger partial charge on any atom is -0.497 e. The third-order valence-electron chi connectivity index (χ3n) is 4.25. The first-order valence-electron chi connectivity index (χ1n) is 8.38. The van der Waals surface area contributed by atoms with E-state index >= 15 is 0 Å². The zero-order chi connectivity index (χ0) is 19.7. The molecule has 7 nitrogen and oxygen atoms in total. The SMILES string of the molecule is COc1ccc(-c2nnc(C(S)c3nnc(-c4cccc(Cl)c4)o3)n2C)cc1. The third-order valence-corrected chi connectivity index (χ3v) is 4.93. The molecule has 1 atom stereocenters. The molecular weight excluding hydrogens is 398 g/mol. The first kappa shape index (κ1) is 18.5. The highest BCUT2D eigenvalue weighted by molar-refractivity contribution is 7.80. The van der Waals surface area contributed by atoms with E-state index in [0.29, 0.717) is 28.5 Å². The smallest absolute Gasteiger partial charge is 0.247 e. The number of benzene rings is 2. The molecule has 28 heavy (non-hydrogen) atoms. The maximum absolute atomic E-state index is 6.03. The number of nitrogens with zero attached hydrogens (tertiary/aromatic N) is 5. The first-order valence-corrected chi connectivity index (χ1v) is 9.27. The lowest BCUT2D eigenvalue weighted by Crippen LogP contribution is -2.04. The maximum Gasteiger partial charge on any atom is 0.247 e. The fraction of sp³-hybridized carbons (Fsp3) is 0.158. The Bertz CT molecular complexity index is 1110. The first-order chi connectivity index (χ1) is 13.6. The molecule has 0 saturated carbocycles. The molecule has 2 aromatic heterocycles. The van der Waals surface area contributed by atoms with Crippen LogP contribution in [0.1, 0.15) is 17.0 Å². The van der Waals surface area contributed by atoms with Gasteiger partial charge >= 0.3 is 0 Å². The molecule has 2 heterocycles. The van der Waals surface area contributed by atoms with Crippen LogP contribution >= 0.6 is 24.2 Å². The van der Waals surface area contributed by atoms with E-state index in [-0.39, 0.29) is 0 Å². The van der Waals surface area contributed by atoms with E-state index in [1.165, 1.54) is 0 Å². The van der Waals surface area contributed by atoms with E-state index in [9.17, 15) is 0 Å². The maximum atomic E-state index is 6.03. The van der Waals surface area contributed by atoms with Gasteiger partial charge in [0, 0.05) is 23.2 Å². The summed E-state index contributed by atoms with van der Waals surface area (Å²) in [6.07, 6.45) is 0. The monoisotopic (exact) mass is 413 g/mol. The molecule has 0 bridgehead atoms. The quantitative estimate of drug-likeness (QED) is 0.493. The van der Waals surface area contributed by atoms with Crippen LogP contribution < -0.4 is 4.74 Å². The summed E-state index contributed by atoms with van der Waals surface area (Å²) < 4.78 is 12.8. The highest BCUT2D eigenvalue weighted by atomic mass is 35.5. The summed E-state index contributed by atoms with van der Waals surface area (Å²) in [5.74, 6) is 2.77. The van der Waals surface area contributed by atoms with E-state index in [1.54, 1.807) is 19.2 Å². The van der Waals surface area contributed by atoms with Crippen molar-refractivity contribution in [3.8, 4) is 28.6 Å². The number of hydrogen-bond donors (Lipinski definition) is 1. The molecular formula is C19H16ClN5O2S. The second-order valence-electron chi connectivity index (χ2n) is 6.03. The molecule has 1 unspecified atom stereocenters. The molecule has 0 amide bonds. The summed E-state index contributed by atoms with van der Waals surface area (Å²) in [6.45, 7) is 0. The van der Waals surface area contributed by atoms with Crippen molar-refractivity contribution in [3.63, 3.8) is 0 Å². The van der Waals surface area contributed by atoms with E-state index in [2.05, 4.69) is 33.0 Å². The van der Waals surface area contributed by atoms with Crippen LogP contribution in [-0.2, 0) is 7.05 Å². The van der Waals surface area contributed by atoms with Gasteiger partial charge in [0.15, 0.2) is 11.6 Å². The molecule has 0 aliphatic heterocycles. The van der Waals surface area contributed by atoms with Gasteiger partial charge in [0.25, 0.3) is 0 Å². The average Bonchev–Trinajstić information content (AvgIpc) is 3.35. The lowest BCUT2D eigenvalue weighted by molar-refractivity contribution is 0.415. The number of ether oxygens (including phenoxy) is 1. The van der Waals surface area contributed by atoms with Gasteiger partial charge in [-0.2, -0.15) is 12.6 Å². The highest BCUT2D eigenvalue weighted by Crippen LogP contribution is 2.31. The Hall–Kier alpha value is -2.84. The Kier molecular flexibility index (Phi) is 5.06. The Labute approximate surface area is 171 Å². The molecule has 9 heteroatoms. The second-order valence-corrected chi connectivity index (χ2v) is 6.98. The number of rotatable bonds is 5. The van der Waals surface area contributed by atoms with Crippen molar-refractivity contribution >= 4 is 24.2 Å². The largest absolute Gasteiger partial charge is 0.497 e. The predicted octanol–water partition coefficient (Wildman–Crippen LogP) is 4.21. The van der Waals surface area contributed by atoms with E-state index < -0.39 is 5.25 Å². The number of aromatic nitrogens is 5. The number of hydrogen-bond acceptors (Lipinski definition) is 7. The van der Waals surface area contributed by atoms with Gasteiger partial charge in [0.1, 0.15) is 11.0 Å². The normalized spacial score (nSPS) is 12.1. The van der Waals surface area contributed by atoms with Crippen molar-refractivity contribution in [2.45, 2.75) is 5.25 Å². The average molecular weight is 414 g/mol. The van der Waals surface area contributed by atoms with Gasteiger partial charge in [0.2, 0.25) is 11.8 Å². The molecule has 0 N–H and O–H groups in total. The van der Waals surface area contributed by atoms with Crippen molar-refractivity contribution in [1.29, 1.82) is 0 Å². The Balaban J connectivity index is 1.62. The van der Waals surface area contributed by atoms with Gasteiger partial charge in [-0.05, 0) is 42.5 Å². The second kappa shape index (κ2) is 7.65. The zero-order valence-corrected chi connectivity index (χ0v) is 16.7. The summed E-state index contributed by atoms with van der Waals surface area (Å²) >= 11 is 10.6. The topological polar surface area (TPSA) is 78.9 Å².